The summed E-state index contributed by atoms with van der Waals surface area (Å²) < 4.78 is 0. The molecule has 0 spiro atoms. The van der Waals surface area contributed by atoms with Crippen LogP contribution in [0.1, 0.15) is 55.4 Å². The average Bonchev–Trinajstić information content (AvgIpc) is 2.94. The monoisotopic (exact) mass is 305 g/mol. The summed E-state index contributed by atoms with van der Waals surface area (Å²) in [5.41, 5.74) is 0.964. The van der Waals surface area contributed by atoms with Crippen LogP contribution in [0.15, 0.2) is 11.4 Å². The van der Waals surface area contributed by atoms with Crippen molar-refractivity contribution in [2.75, 3.05) is 6.61 Å². The molecule has 0 aromatic carbocycles. The van der Waals surface area contributed by atoms with Crippen LogP contribution in [0.3, 0.4) is 0 Å². The molecule has 21 heavy (non-hydrogen) atoms. The number of amides is 1. The second kappa shape index (κ2) is 8.86. The number of hydrogen-bond donors (Lipinski definition) is 2. The second-order valence-electron chi connectivity index (χ2n) is 5.52. The SMILES string of the molecule is O=C(CC1CCCCC1)NCc1sccc1C#CCCO. The van der Waals surface area contributed by atoms with Gasteiger partial charge in [0.25, 0.3) is 0 Å². The van der Waals surface area contributed by atoms with Gasteiger partial charge in [-0.25, -0.2) is 0 Å². The maximum Gasteiger partial charge on any atom is 0.220 e. The van der Waals surface area contributed by atoms with Crippen molar-refractivity contribution in [1.82, 2.24) is 5.32 Å². The lowest BCUT2D eigenvalue weighted by Crippen LogP contribution is -2.25. The Labute approximate surface area is 130 Å². The molecule has 0 bridgehead atoms. The van der Waals surface area contributed by atoms with Crippen LogP contribution in [0, 0.1) is 17.8 Å². The molecule has 1 saturated carbocycles. The molecule has 0 radical (unpaired) electrons. The number of thiophene rings is 1. The molecule has 1 aliphatic carbocycles. The van der Waals surface area contributed by atoms with Crippen LogP contribution in [0.4, 0.5) is 0 Å². The van der Waals surface area contributed by atoms with Crippen LogP contribution in [0.5, 0.6) is 0 Å². The van der Waals surface area contributed by atoms with E-state index in [2.05, 4.69) is 17.2 Å². The number of nitrogens with one attached hydrogen (secondary N) is 1. The van der Waals surface area contributed by atoms with Crippen molar-refractivity contribution in [2.45, 2.75) is 51.5 Å². The quantitative estimate of drug-likeness (QED) is 0.821. The normalized spacial score (nSPS) is 15.3. The summed E-state index contributed by atoms with van der Waals surface area (Å²) in [7, 11) is 0. The zero-order valence-corrected chi connectivity index (χ0v) is 13.2. The Morgan fingerprint density at radius 3 is 2.95 bits per heavy atom. The molecule has 2 N–H and O–H groups in total. The molecule has 4 heteroatoms. The van der Waals surface area contributed by atoms with E-state index in [4.69, 9.17) is 5.11 Å². The van der Waals surface area contributed by atoms with E-state index in [1.807, 2.05) is 11.4 Å². The van der Waals surface area contributed by atoms with E-state index in [-0.39, 0.29) is 12.5 Å². The van der Waals surface area contributed by atoms with Crippen molar-refractivity contribution in [2.24, 2.45) is 5.92 Å². The minimum atomic E-state index is 0.0879. The Morgan fingerprint density at radius 2 is 2.19 bits per heavy atom. The first-order valence-electron chi connectivity index (χ1n) is 7.72. The lowest BCUT2D eigenvalue weighted by atomic mass is 9.87. The topological polar surface area (TPSA) is 49.3 Å². The van der Waals surface area contributed by atoms with Crippen molar-refractivity contribution in [3.05, 3.63) is 21.9 Å². The number of carbonyl (C=O) groups is 1. The van der Waals surface area contributed by atoms with Gasteiger partial charge in [0.05, 0.1) is 13.2 Å². The molecule has 0 aliphatic heterocycles. The Balaban J connectivity index is 1.78. The molecule has 0 unspecified atom stereocenters. The summed E-state index contributed by atoms with van der Waals surface area (Å²) in [6.45, 7) is 0.650. The van der Waals surface area contributed by atoms with Crippen LogP contribution >= 0.6 is 11.3 Å². The molecule has 1 aromatic heterocycles. The maximum atomic E-state index is 12.0. The van der Waals surface area contributed by atoms with Crippen molar-refractivity contribution >= 4 is 17.2 Å². The molecule has 0 atom stereocenters. The molecule has 1 aromatic rings. The van der Waals surface area contributed by atoms with Gasteiger partial charge in [0.1, 0.15) is 0 Å². The molecule has 114 valence electrons. The predicted octanol–water partition coefficient (Wildman–Crippen LogP) is 3.07. The summed E-state index contributed by atoms with van der Waals surface area (Å²) in [6, 6.07) is 1.97. The van der Waals surface area contributed by atoms with Gasteiger partial charge < -0.3 is 10.4 Å². The van der Waals surface area contributed by atoms with Gasteiger partial charge in [-0.3, -0.25) is 4.79 Å². The van der Waals surface area contributed by atoms with E-state index in [0.717, 1.165) is 10.4 Å². The van der Waals surface area contributed by atoms with Gasteiger partial charge in [0.15, 0.2) is 0 Å². The van der Waals surface area contributed by atoms with E-state index >= 15 is 0 Å². The third-order valence-corrected chi connectivity index (χ3v) is 4.77. The molecule has 1 aliphatic rings. The minimum absolute atomic E-state index is 0.0879. The van der Waals surface area contributed by atoms with E-state index in [1.165, 1.54) is 32.1 Å². The van der Waals surface area contributed by atoms with Crippen molar-refractivity contribution in [1.29, 1.82) is 0 Å². The third-order valence-electron chi connectivity index (χ3n) is 3.85. The number of hydrogen-bond acceptors (Lipinski definition) is 3. The summed E-state index contributed by atoms with van der Waals surface area (Å²) in [6.07, 6.45) is 7.42. The lowest BCUT2D eigenvalue weighted by Gasteiger charge is -2.20. The fraction of sp³-hybridized carbons (Fsp3) is 0.588. The van der Waals surface area contributed by atoms with Gasteiger partial charge in [-0.1, -0.05) is 31.1 Å². The first-order valence-corrected chi connectivity index (χ1v) is 8.60. The van der Waals surface area contributed by atoms with Gasteiger partial charge in [0, 0.05) is 23.3 Å². The number of carbonyl (C=O) groups excluding carboxylic acids is 1. The lowest BCUT2D eigenvalue weighted by molar-refractivity contribution is -0.122. The summed E-state index contributed by atoms with van der Waals surface area (Å²) in [5.74, 6) is 6.71. The van der Waals surface area contributed by atoms with Crippen molar-refractivity contribution in [3.8, 4) is 11.8 Å². The summed E-state index contributed by atoms with van der Waals surface area (Å²) in [5, 5.41) is 13.7. The zero-order chi connectivity index (χ0) is 14.9. The smallest absolute Gasteiger partial charge is 0.220 e. The van der Waals surface area contributed by atoms with Crippen LogP contribution in [0.2, 0.25) is 0 Å². The minimum Gasteiger partial charge on any atom is -0.395 e. The summed E-state index contributed by atoms with van der Waals surface area (Å²) in [4.78, 5) is 13.1. The molecule has 0 saturated heterocycles. The fourth-order valence-corrected chi connectivity index (χ4v) is 3.48. The van der Waals surface area contributed by atoms with E-state index < -0.39 is 0 Å². The van der Waals surface area contributed by atoms with Crippen molar-refractivity contribution < 1.29 is 9.90 Å². The first kappa shape index (κ1) is 16.1. The third kappa shape index (κ3) is 5.53. The number of aliphatic hydroxyl groups excluding tert-OH is 1. The molecule has 3 nitrogen and oxygen atoms in total. The molecule has 2 rings (SSSR count). The molecular weight excluding hydrogens is 282 g/mol. The van der Waals surface area contributed by atoms with E-state index in [1.54, 1.807) is 11.3 Å². The fourth-order valence-electron chi connectivity index (χ4n) is 2.71. The largest absolute Gasteiger partial charge is 0.395 e. The van der Waals surface area contributed by atoms with Gasteiger partial charge >= 0.3 is 0 Å². The molecule has 1 heterocycles. The van der Waals surface area contributed by atoms with Crippen LogP contribution in [-0.2, 0) is 11.3 Å². The maximum absolute atomic E-state index is 12.0. The van der Waals surface area contributed by atoms with Gasteiger partial charge in [-0.2, -0.15) is 0 Å². The van der Waals surface area contributed by atoms with Crippen LogP contribution < -0.4 is 5.32 Å². The zero-order valence-electron chi connectivity index (χ0n) is 12.4. The van der Waals surface area contributed by atoms with E-state index in [9.17, 15) is 4.79 Å². The first-order chi connectivity index (χ1) is 10.3. The molecule has 1 amide bonds. The molecule has 1 fully saturated rings. The molecular formula is C17H23NO2S. The van der Waals surface area contributed by atoms with Gasteiger partial charge in [0.2, 0.25) is 5.91 Å². The highest BCUT2D eigenvalue weighted by atomic mass is 32.1. The van der Waals surface area contributed by atoms with Crippen molar-refractivity contribution in [3.63, 3.8) is 0 Å². The summed E-state index contributed by atoms with van der Waals surface area (Å²) >= 11 is 1.62. The van der Waals surface area contributed by atoms with Gasteiger partial charge in [-0.05, 0) is 30.2 Å². The van der Waals surface area contributed by atoms with Gasteiger partial charge in [-0.15, -0.1) is 11.3 Å². The Morgan fingerprint density at radius 1 is 1.38 bits per heavy atom. The highest BCUT2D eigenvalue weighted by molar-refractivity contribution is 7.10. The second-order valence-corrected chi connectivity index (χ2v) is 6.52. The Hall–Kier alpha value is -1.31. The Kier molecular flexibility index (Phi) is 6.78. The standard InChI is InChI=1S/C17H23NO2S/c19-10-5-4-8-15-9-11-21-16(15)13-18-17(20)12-14-6-2-1-3-7-14/h9,11,14,19H,1-3,5-7,10,12-13H2,(H,18,20). The van der Waals surface area contributed by atoms with E-state index in [0.29, 0.717) is 25.3 Å². The highest BCUT2D eigenvalue weighted by Gasteiger charge is 2.17. The number of rotatable bonds is 5. The van der Waals surface area contributed by atoms with Crippen LogP contribution in [-0.4, -0.2) is 17.6 Å². The van der Waals surface area contributed by atoms with Crippen LogP contribution in [0.25, 0.3) is 0 Å². The average molecular weight is 305 g/mol. The Bertz CT molecular complexity index is 506. The predicted molar refractivity (Wildman–Crippen MR) is 85.9 cm³/mol. The highest BCUT2D eigenvalue weighted by Crippen LogP contribution is 2.26. The number of aliphatic hydroxyl groups is 1.